The van der Waals surface area contributed by atoms with Crippen molar-refractivity contribution in [2.45, 2.75) is 5.54 Å². The minimum absolute atomic E-state index is 0.0145. The highest BCUT2D eigenvalue weighted by Gasteiger charge is 2.56. The summed E-state index contributed by atoms with van der Waals surface area (Å²) in [6, 6.07) is 14.1. The summed E-state index contributed by atoms with van der Waals surface area (Å²) in [4.78, 5) is 51.8. The van der Waals surface area contributed by atoms with E-state index in [1.807, 2.05) is 4.90 Å². The fourth-order valence-electron chi connectivity index (χ4n) is 4.02. The summed E-state index contributed by atoms with van der Waals surface area (Å²) in [6.45, 7) is 1.75. The molecule has 0 saturated carbocycles. The van der Waals surface area contributed by atoms with E-state index in [4.69, 9.17) is 0 Å². The first kappa shape index (κ1) is 19.5. The lowest BCUT2D eigenvalue weighted by Crippen LogP contribution is -2.72. The number of imide groups is 2. The van der Waals surface area contributed by atoms with Gasteiger partial charge in [-0.05, 0) is 17.7 Å². The van der Waals surface area contributed by atoms with Gasteiger partial charge in [0.05, 0.1) is 4.92 Å². The first-order valence-electron chi connectivity index (χ1n) is 9.40. The second-order valence-electron chi connectivity index (χ2n) is 7.06. The van der Waals surface area contributed by atoms with Gasteiger partial charge < -0.3 is 4.90 Å². The number of rotatable bonds is 4. The smallest absolute Gasteiger partial charge is 0.328 e. The SMILES string of the molecule is O=C1NC(=O)C(c2ccccc2)(N2CCN(c3ccc([N+](=O)[O-])cc3)CC2)C(=O)N1. The predicted octanol–water partition coefficient (Wildman–Crippen LogP) is 0.978. The number of barbiturate groups is 1. The number of urea groups is 1. The van der Waals surface area contributed by atoms with Gasteiger partial charge in [0.15, 0.2) is 0 Å². The van der Waals surface area contributed by atoms with Crippen LogP contribution >= 0.6 is 0 Å². The molecule has 10 nitrogen and oxygen atoms in total. The summed E-state index contributed by atoms with van der Waals surface area (Å²) in [7, 11) is 0. The maximum Gasteiger partial charge on any atom is 0.328 e. The molecular formula is C20H19N5O5. The van der Waals surface area contributed by atoms with Crippen molar-refractivity contribution in [3.05, 3.63) is 70.3 Å². The molecule has 0 aliphatic carbocycles. The van der Waals surface area contributed by atoms with Gasteiger partial charge in [0.1, 0.15) is 0 Å². The minimum atomic E-state index is -1.64. The number of nitrogens with one attached hydrogen (secondary N) is 2. The number of nitro benzene ring substituents is 1. The van der Waals surface area contributed by atoms with Gasteiger partial charge in [-0.25, -0.2) is 4.79 Å². The third-order valence-corrected chi connectivity index (χ3v) is 5.48. The molecule has 2 saturated heterocycles. The van der Waals surface area contributed by atoms with Crippen molar-refractivity contribution in [1.82, 2.24) is 15.5 Å². The van der Waals surface area contributed by atoms with Crippen LogP contribution in [0.15, 0.2) is 54.6 Å². The van der Waals surface area contributed by atoms with Gasteiger partial charge in [-0.2, -0.15) is 0 Å². The molecule has 2 aromatic rings. The number of amides is 4. The van der Waals surface area contributed by atoms with Crippen LogP contribution in [0.3, 0.4) is 0 Å². The first-order valence-corrected chi connectivity index (χ1v) is 9.40. The van der Waals surface area contributed by atoms with Crippen LogP contribution in [-0.2, 0) is 15.1 Å². The van der Waals surface area contributed by atoms with Crippen LogP contribution in [0, 0.1) is 10.1 Å². The first-order chi connectivity index (χ1) is 14.4. The van der Waals surface area contributed by atoms with E-state index >= 15 is 0 Å². The van der Waals surface area contributed by atoms with E-state index in [2.05, 4.69) is 10.6 Å². The lowest BCUT2D eigenvalue weighted by atomic mass is 9.84. The van der Waals surface area contributed by atoms with E-state index in [1.165, 1.54) is 12.1 Å². The number of piperazine rings is 1. The Morgan fingerprint density at radius 2 is 1.40 bits per heavy atom. The molecule has 0 unspecified atom stereocenters. The van der Waals surface area contributed by atoms with Gasteiger partial charge in [-0.3, -0.25) is 35.2 Å². The highest BCUT2D eigenvalue weighted by atomic mass is 16.6. The number of anilines is 1. The van der Waals surface area contributed by atoms with Crippen LogP contribution < -0.4 is 15.5 Å². The fraction of sp³-hybridized carbons (Fsp3) is 0.250. The molecule has 0 bridgehead atoms. The summed E-state index contributed by atoms with van der Waals surface area (Å²) >= 11 is 0. The number of nitro groups is 1. The summed E-state index contributed by atoms with van der Waals surface area (Å²) in [5.41, 5.74) is -0.324. The molecule has 2 heterocycles. The molecular weight excluding hydrogens is 390 g/mol. The third kappa shape index (κ3) is 3.16. The Bertz CT molecular complexity index is 980. The maximum atomic E-state index is 13.0. The summed E-state index contributed by atoms with van der Waals surface area (Å²) in [5.74, 6) is -1.35. The highest BCUT2D eigenvalue weighted by molar-refractivity contribution is 6.22. The van der Waals surface area contributed by atoms with Crippen molar-refractivity contribution < 1.29 is 19.3 Å². The number of benzene rings is 2. The van der Waals surface area contributed by atoms with E-state index in [-0.39, 0.29) is 5.69 Å². The van der Waals surface area contributed by atoms with Gasteiger partial charge in [-0.1, -0.05) is 30.3 Å². The monoisotopic (exact) mass is 409 g/mol. The topological polar surface area (TPSA) is 125 Å². The average molecular weight is 409 g/mol. The number of carbonyl (C=O) groups excluding carboxylic acids is 3. The zero-order chi connectivity index (χ0) is 21.3. The minimum Gasteiger partial charge on any atom is -0.369 e. The third-order valence-electron chi connectivity index (χ3n) is 5.48. The van der Waals surface area contributed by atoms with Crippen molar-refractivity contribution in [2.24, 2.45) is 0 Å². The normalized spacial score (nSPS) is 19.2. The molecule has 2 aliphatic heterocycles. The van der Waals surface area contributed by atoms with Crippen LogP contribution in [0.25, 0.3) is 0 Å². The number of non-ortho nitro benzene ring substituents is 1. The molecule has 0 aromatic heterocycles. The van der Waals surface area contributed by atoms with Crippen LogP contribution in [0.4, 0.5) is 16.2 Å². The lowest BCUT2D eigenvalue weighted by molar-refractivity contribution is -0.384. The molecule has 2 aromatic carbocycles. The van der Waals surface area contributed by atoms with E-state index in [0.717, 1.165) is 5.69 Å². The summed E-state index contributed by atoms with van der Waals surface area (Å²) in [6.07, 6.45) is 0. The van der Waals surface area contributed by atoms with Crippen molar-refractivity contribution in [2.75, 3.05) is 31.1 Å². The van der Waals surface area contributed by atoms with Gasteiger partial charge >= 0.3 is 6.03 Å². The van der Waals surface area contributed by atoms with E-state index in [1.54, 1.807) is 47.4 Å². The zero-order valence-electron chi connectivity index (χ0n) is 15.9. The lowest BCUT2D eigenvalue weighted by Gasteiger charge is -2.47. The Labute approximate surface area is 171 Å². The second kappa shape index (κ2) is 7.56. The fourth-order valence-corrected chi connectivity index (χ4v) is 4.02. The van der Waals surface area contributed by atoms with Crippen LogP contribution in [-0.4, -0.2) is 53.8 Å². The molecule has 2 N–H and O–H groups in total. The van der Waals surface area contributed by atoms with E-state index in [9.17, 15) is 24.5 Å². The second-order valence-corrected chi connectivity index (χ2v) is 7.06. The molecule has 4 rings (SSSR count). The molecule has 2 fully saturated rings. The Hall–Kier alpha value is -3.79. The van der Waals surface area contributed by atoms with Crippen LogP contribution in [0.5, 0.6) is 0 Å². The Balaban J connectivity index is 1.60. The van der Waals surface area contributed by atoms with Crippen molar-refractivity contribution in [3.8, 4) is 0 Å². The highest BCUT2D eigenvalue weighted by Crippen LogP contribution is 2.33. The number of hydrogen-bond acceptors (Lipinski definition) is 7. The predicted molar refractivity (Wildman–Crippen MR) is 107 cm³/mol. The number of nitrogens with zero attached hydrogens (tertiary/aromatic N) is 3. The van der Waals surface area contributed by atoms with Crippen LogP contribution in [0.1, 0.15) is 5.56 Å². The Kier molecular flexibility index (Phi) is 4.92. The molecule has 2 aliphatic rings. The average Bonchev–Trinajstić information content (AvgIpc) is 2.75. The maximum absolute atomic E-state index is 13.0. The quantitative estimate of drug-likeness (QED) is 0.438. The molecule has 0 radical (unpaired) electrons. The van der Waals surface area contributed by atoms with Gasteiger partial charge in [0, 0.05) is 44.0 Å². The van der Waals surface area contributed by atoms with Gasteiger partial charge in [-0.15, -0.1) is 0 Å². The molecule has 4 amide bonds. The van der Waals surface area contributed by atoms with E-state index < -0.39 is 28.3 Å². The molecule has 0 spiro atoms. The summed E-state index contributed by atoms with van der Waals surface area (Å²) in [5, 5.41) is 15.3. The Morgan fingerprint density at radius 3 is 1.93 bits per heavy atom. The van der Waals surface area contributed by atoms with E-state index in [0.29, 0.717) is 31.7 Å². The van der Waals surface area contributed by atoms with Gasteiger partial charge in [0.25, 0.3) is 17.5 Å². The molecule has 10 heteroatoms. The number of carbonyl (C=O) groups is 3. The van der Waals surface area contributed by atoms with Crippen LogP contribution in [0.2, 0.25) is 0 Å². The molecule has 30 heavy (non-hydrogen) atoms. The van der Waals surface area contributed by atoms with Crippen molar-refractivity contribution in [1.29, 1.82) is 0 Å². The number of hydrogen-bond donors (Lipinski definition) is 2. The van der Waals surface area contributed by atoms with Gasteiger partial charge in [0.2, 0.25) is 5.54 Å². The Morgan fingerprint density at radius 1 is 0.833 bits per heavy atom. The largest absolute Gasteiger partial charge is 0.369 e. The van der Waals surface area contributed by atoms with Crippen molar-refractivity contribution in [3.63, 3.8) is 0 Å². The standard InChI is InChI=1S/C20H19N5O5/c26-17-20(14-4-2-1-3-5-14,18(27)22-19(28)21-17)24-12-10-23(11-13-24)15-6-8-16(9-7-15)25(29)30/h1-9H,10-13H2,(H2,21,22,26,27,28). The van der Waals surface area contributed by atoms with Crippen molar-refractivity contribution >= 4 is 29.2 Å². The molecule has 0 atom stereocenters. The zero-order valence-corrected chi connectivity index (χ0v) is 15.9. The molecule has 154 valence electrons. The summed E-state index contributed by atoms with van der Waals surface area (Å²) < 4.78 is 0.